The highest BCUT2D eigenvalue weighted by atomic mass is 32.2. The lowest BCUT2D eigenvalue weighted by atomic mass is 9.83. The number of nitrogens with zero attached hydrogens (tertiary/aromatic N) is 2. The van der Waals surface area contributed by atoms with E-state index in [2.05, 4.69) is 376 Å². The highest BCUT2D eigenvalue weighted by Crippen LogP contribution is 2.49. The lowest BCUT2D eigenvalue weighted by molar-refractivity contribution is 0.932. The fourth-order valence-electron chi connectivity index (χ4n) is 13.7. The van der Waals surface area contributed by atoms with Crippen LogP contribution in [0.15, 0.2) is 382 Å². The number of pyridine rings is 2. The molecule has 0 fully saturated rings. The standard InChI is InChI=1S/C94H66N2S2/c1-8-26-67(27-9-1)89(68-28-10-2-11-29-68)93(75-52-48-66(49-53-75)86-58-59-87(97-86)83-57-55-82(64-96-83)94(73-38-20-7-21-39-73)90(69-30-12-3-13-31-69)70-32-14-4-15-33-70)80-44-25-42-77(61-80)76-41-24-43-79(60-76)92(72-36-18-6-19-37-72)91(71-34-16-5-17-35-71)74-50-46-65(47-51-74)81-54-56-84(95-63-81)88-62-78-40-22-23-45-85(78)98-88/h1-58,60-64,87H,59H2/b92-91-. The molecular weight excluding hydrogens is 1220 g/mol. The molecule has 4 heterocycles. The van der Waals surface area contributed by atoms with Crippen molar-refractivity contribution in [2.24, 2.45) is 0 Å². The smallest absolute Gasteiger partial charge is 0.0802 e. The average molecular weight is 1290 g/mol. The predicted molar refractivity (Wildman–Crippen MR) is 416 cm³/mol. The van der Waals surface area contributed by atoms with Crippen LogP contribution in [0.1, 0.15) is 89.7 Å². The van der Waals surface area contributed by atoms with Crippen LogP contribution in [0.4, 0.5) is 0 Å². The molecule has 0 N–H and O–H groups in total. The van der Waals surface area contributed by atoms with E-state index in [0.717, 1.165) is 118 Å². The molecule has 2 nitrogen and oxygen atoms in total. The molecule has 3 aromatic heterocycles. The Morgan fingerprint density at radius 2 is 0.633 bits per heavy atom. The Kier molecular flexibility index (Phi) is 17.6. The summed E-state index contributed by atoms with van der Waals surface area (Å²) in [5.74, 6) is 0. The van der Waals surface area contributed by atoms with E-state index in [1.165, 1.54) is 47.7 Å². The number of hydrogen-bond donors (Lipinski definition) is 0. The summed E-state index contributed by atoms with van der Waals surface area (Å²) in [6, 6.07) is 132. The van der Waals surface area contributed by atoms with Gasteiger partial charge in [0, 0.05) is 33.1 Å². The molecule has 98 heavy (non-hydrogen) atoms. The molecule has 0 radical (unpaired) electrons. The van der Waals surface area contributed by atoms with E-state index in [4.69, 9.17) is 9.97 Å². The van der Waals surface area contributed by atoms with E-state index in [9.17, 15) is 0 Å². The van der Waals surface area contributed by atoms with Gasteiger partial charge in [0.25, 0.3) is 0 Å². The first-order chi connectivity index (χ1) is 48.6. The maximum Gasteiger partial charge on any atom is 0.0802 e. The van der Waals surface area contributed by atoms with Gasteiger partial charge >= 0.3 is 0 Å². The van der Waals surface area contributed by atoms with Gasteiger partial charge in [-0.2, -0.15) is 0 Å². The van der Waals surface area contributed by atoms with Crippen LogP contribution in [-0.4, -0.2) is 9.97 Å². The van der Waals surface area contributed by atoms with Gasteiger partial charge in [0.05, 0.1) is 21.5 Å². The van der Waals surface area contributed by atoms with Gasteiger partial charge in [0.2, 0.25) is 0 Å². The molecule has 1 aliphatic heterocycles. The quantitative estimate of drug-likeness (QED) is 0.0850. The van der Waals surface area contributed by atoms with Crippen LogP contribution >= 0.6 is 23.1 Å². The minimum Gasteiger partial charge on any atom is -0.259 e. The second-order valence-corrected chi connectivity index (χ2v) is 26.9. The van der Waals surface area contributed by atoms with Gasteiger partial charge < -0.3 is 0 Å². The molecule has 0 amide bonds. The molecule has 1 atom stereocenters. The highest BCUT2D eigenvalue weighted by molar-refractivity contribution is 8.08. The van der Waals surface area contributed by atoms with E-state index in [1.54, 1.807) is 11.3 Å². The summed E-state index contributed by atoms with van der Waals surface area (Å²) in [5, 5.41) is 1.43. The Morgan fingerprint density at radius 3 is 1.04 bits per heavy atom. The second-order valence-electron chi connectivity index (χ2n) is 24.6. The van der Waals surface area contributed by atoms with Crippen LogP contribution in [0.25, 0.3) is 81.3 Å². The van der Waals surface area contributed by atoms with Crippen LogP contribution in [0.3, 0.4) is 0 Å². The molecule has 0 saturated heterocycles. The van der Waals surface area contributed by atoms with E-state index >= 15 is 0 Å². The van der Waals surface area contributed by atoms with Crippen molar-refractivity contribution in [1.29, 1.82) is 0 Å². The van der Waals surface area contributed by atoms with Crippen molar-refractivity contribution in [3.8, 4) is 32.8 Å². The molecule has 12 aromatic carbocycles. The fourth-order valence-corrected chi connectivity index (χ4v) is 16.0. The van der Waals surface area contributed by atoms with E-state index in [1.807, 2.05) is 18.0 Å². The molecule has 15 aromatic rings. The summed E-state index contributed by atoms with van der Waals surface area (Å²) in [7, 11) is 0. The van der Waals surface area contributed by atoms with Crippen molar-refractivity contribution in [3.63, 3.8) is 0 Å². The van der Waals surface area contributed by atoms with Crippen LogP contribution < -0.4 is 0 Å². The maximum atomic E-state index is 5.27. The van der Waals surface area contributed by atoms with Crippen molar-refractivity contribution in [2.45, 2.75) is 11.7 Å². The molecule has 1 unspecified atom stereocenters. The Morgan fingerprint density at radius 1 is 0.265 bits per heavy atom. The van der Waals surface area contributed by atoms with Crippen molar-refractivity contribution in [1.82, 2.24) is 9.97 Å². The normalized spacial score (nSPS) is 12.9. The van der Waals surface area contributed by atoms with E-state index in [-0.39, 0.29) is 5.25 Å². The lowest BCUT2D eigenvalue weighted by Gasteiger charge is -2.20. The van der Waals surface area contributed by atoms with Gasteiger partial charge in [-0.15, -0.1) is 23.1 Å². The summed E-state index contributed by atoms with van der Waals surface area (Å²) in [6.07, 6.45) is 7.39. The summed E-state index contributed by atoms with van der Waals surface area (Å²) in [4.78, 5) is 12.7. The number of rotatable bonds is 17. The zero-order valence-corrected chi connectivity index (χ0v) is 55.5. The first-order valence-electron chi connectivity index (χ1n) is 33.4. The lowest BCUT2D eigenvalue weighted by Crippen LogP contribution is -2.00. The van der Waals surface area contributed by atoms with Crippen LogP contribution in [0.2, 0.25) is 0 Å². The number of thioether (sulfide) groups is 1. The van der Waals surface area contributed by atoms with Gasteiger partial charge in [-0.3, -0.25) is 9.97 Å². The number of hydrogen-bond acceptors (Lipinski definition) is 4. The molecule has 0 saturated carbocycles. The maximum absolute atomic E-state index is 5.27. The van der Waals surface area contributed by atoms with Crippen molar-refractivity contribution in [3.05, 3.63) is 460 Å². The third kappa shape index (κ3) is 12.9. The second kappa shape index (κ2) is 28.3. The Bertz CT molecular complexity index is 5280. The van der Waals surface area contributed by atoms with Gasteiger partial charge in [0.1, 0.15) is 0 Å². The van der Waals surface area contributed by atoms with Gasteiger partial charge in [-0.25, -0.2) is 0 Å². The number of aromatic nitrogens is 2. The van der Waals surface area contributed by atoms with Gasteiger partial charge in [0.15, 0.2) is 0 Å². The summed E-state index contributed by atoms with van der Waals surface area (Å²) < 4.78 is 1.27. The van der Waals surface area contributed by atoms with E-state index in [0.29, 0.717) is 0 Å². The van der Waals surface area contributed by atoms with Crippen molar-refractivity contribution in [2.75, 3.05) is 0 Å². The first kappa shape index (κ1) is 61.1. The van der Waals surface area contributed by atoms with Crippen molar-refractivity contribution >= 4 is 71.5 Å². The zero-order valence-electron chi connectivity index (χ0n) is 53.9. The topological polar surface area (TPSA) is 25.8 Å². The Hall–Kier alpha value is -11.8. The molecule has 16 rings (SSSR count). The largest absolute Gasteiger partial charge is 0.259 e. The van der Waals surface area contributed by atoms with E-state index < -0.39 is 0 Å². The third-order valence-corrected chi connectivity index (χ3v) is 20.9. The Labute approximate surface area is 582 Å². The molecule has 0 spiro atoms. The highest BCUT2D eigenvalue weighted by Gasteiger charge is 2.25. The minimum absolute atomic E-state index is 0.187. The molecule has 4 heteroatoms. The van der Waals surface area contributed by atoms with Gasteiger partial charge in [-0.1, -0.05) is 334 Å². The molecule has 464 valence electrons. The molecule has 1 aliphatic rings. The third-order valence-electron chi connectivity index (χ3n) is 18.4. The van der Waals surface area contributed by atoms with Crippen LogP contribution in [-0.2, 0) is 0 Å². The summed E-state index contributed by atoms with van der Waals surface area (Å²) in [5.41, 5.74) is 28.4. The average Bonchev–Trinajstić information content (AvgIpc) is 0.818. The van der Waals surface area contributed by atoms with Crippen molar-refractivity contribution < 1.29 is 0 Å². The predicted octanol–water partition coefficient (Wildman–Crippen LogP) is 24.9. The summed E-state index contributed by atoms with van der Waals surface area (Å²) >= 11 is 3.69. The van der Waals surface area contributed by atoms with Crippen LogP contribution in [0, 0.1) is 0 Å². The fraction of sp³-hybridized carbons (Fsp3) is 0.0213. The SMILES string of the molecule is C1=C(c2ccc(C(=C(c3ccccc3)c3ccccc3)c3cccc(-c4cccc(/C(=C(/c5ccccc5)c5ccc(-c6ccc(-c7cc8ccccc8s7)nc6)cc5)c5ccccc5)c4)c3)cc2)SC(c2ccc(C(=C(c3ccccc3)c3ccccc3)c3ccccc3)cn2)C1. The van der Waals surface area contributed by atoms with Crippen LogP contribution in [0.5, 0.6) is 0 Å². The number of benzene rings is 12. The number of thiophene rings is 1. The zero-order chi connectivity index (χ0) is 65.4. The number of allylic oxidation sites excluding steroid dienone is 1. The minimum atomic E-state index is 0.187. The summed E-state index contributed by atoms with van der Waals surface area (Å²) in [6.45, 7) is 0. The first-order valence-corrected chi connectivity index (χ1v) is 35.1. The molecular formula is C94H66N2S2. The molecule has 0 aliphatic carbocycles. The molecule has 0 bridgehead atoms. The monoisotopic (exact) mass is 1290 g/mol. The van der Waals surface area contributed by atoms with Gasteiger partial charge in [-0.05, 0) is 165 Å². The number of fused-ring (bicyclic) bond motifs is 1. The Balaban J connectivity index is 0.733.